The second-order valence-electron chi connectivity index (χ2n) is 14.5. The molecule has 1 aliphatic rings. The predicted molar refractivity (Wildman–Crippen MR) is 222 cm³/mol. The summed E-state index contributed by atoms with van der Waals surface area (Å²) in [4.78, 5) is 5.04. The van der Waals surface area contributed by atoms with Gasteiger partial charge >= 0.3 is 0 Å². The lowest BCUT2D eigenvalue weighted by molar-refractivity contribution is 0.660. The van der Waals surface area contributed by atoms with E-state index in [-0.39, 0.29) is 5.41 Å². The second kappa shape index (κ2) is 10.9. The van der Waals surface area contributed by atoms with Crippen LogP contribution in [0.15, 0.2) is 170 Å². The van der Waals surface area contributed by atoms with E-state index < -0.39 is 0 Å². The van der Waals surface area contributed by atoms with Crippen molar-refractivity contribution in [3.8, 4) is 32.7 Å². The highest BCUT2D eigenvalue weighted by atomic mass is 32.1. The van der Waals surface area contributed by atoms with E-state index >= 15 is 0 Å². The molecule has 0 unspecified atom stereocenters. The summed E-state index contributed by atoms with van der Waals surface area (Å²) in [5.41, 5.74) is 15.2. The average molecular weight is 683 g/mol. The lowest BCUT2D eigenvalue weighted by Gasteiger charge is -2.29. The standard InChI is InChI=1S/C49H34N2S/c1-49(2)39-23-11-9-20-37(39)44-40(49)24-14-26-42(44)50(33-17-7-4-8-18-33)34-29-27-32(28-30-34)47-43(31-15-5-3-6-16-31)45-38-22-13-21-36-35-19-10-12-25-41(35)51(46(36)38)48(45)52-47/h3-30H,1-2H3. The van der Waals surface area contributed by atoms with Gasteiger partial charge in [-0.05, 0) is 64.2 Å². The minimum absolute atomic E-state index is 0.0726. The zero-order chi connectivity index (χ0) is 34.6. The minimum Gasteiger partial charge on any atom is -0.310 e. The van der Waals surface area contributed by atoms with E-state index in [2.05, 4.69) is 193 Å². The molecule has 3 heterocycles. The van der Waals surface area contributed by atoms with Crippen molar-refractivity contribution in [1.82, 2.24) is 4.40 Å². The number of anilines is 3. The molecule has 0 aliphatic heterocycles. The SMILES string of the molecule is CC1(C)c2ccccc2-c2c(N(c3ccccc3)c3ccc(-c4sc5c(c4-c4ccccc4)c4cccc6c7ccccc7n5c64)cc3)cccc21. The van der Waals surface area contributed by atoms with E-state index in [4.69, 9.17) is 0 Å². The van der Waals surface area contributed by atoms with Crippen LogP contribution in [0, 0.1) is 0 Å². The van der Waals surface area contributed by atoms with Crippen molar-refractivity contribution in [2.24, 2.45) is 0 Å². The molecule has 0 saturated heterocycles. The van der Waals surface area contributed by atoms with Gasteiger partial charge in [-0.3, -0.25) is 4.40 Å². The maximum Gasteiger partial charge on any atom is 0.109 e. The van der Waals surface area contributed by atoms with E-state index in [9.17, 15) is 0 Å². The first-order valence-corrected chi connectivity index (χ1v) is 18.9. The summed E-state index contributed by atoms with van der Waals surface area (Å²) < 4.78 is 2.51. The molecule has 0 atom stereocenters. The topological polar surface area (TPSA) is 7.65 Å². The third-order valence-corrected chi connectivity index (χ3v) is 12.6. The number of aromatic nitrogens is 1. The van der Waals surface area contributed by atoms with Gasteiger partial charge in [0, 0.05) is 54.3 Å². The van der Waals surface area contributed by atoms with Crippen molar-refractivity contribution < 1.29 is 0 Å². The van der Waals surface area contributed by atoms with E-state index in [0.29, 0.717) is 0 Å². The van der Waals surface area contributed by atoms with E-state index in [1.54, 1.807) is 0 Å². The molecule has 11 rings (SSSR count). The van der Waals surface area contributed by atoms with E-state index in [1.165, 1.54) is 86.9 Å². The Kier molecular flexibility index (Phi) is 6.21. The Labute approximate surface area is 306 Å². The number of hydrogen-bond donors (Lipinski definition) is 0. The largest absolute Gasteiger partial charge is 0.310 e. The Balaban J connectivity index is 1.13. The third-order valence-electron chi connectivity index (χ3n) is 11.3. The molecule has 10 aromatic rings. The number of nitrogens with zero attached hydrogens (tertiary/aromatic N) is 2. The van der Waals surface area contributed by atoms with Crippen LogP contribution >= 0.6 is 11.3 Å². The van der Waals surface area contributed by atoms with Crippen molar-refractivity contribution >= 4 is 65.8 Å². The van der Waals surface area contributed by atoms with Gasteiger partial charge in [0.05, 0.1) is 16.7 Å². The minimum atomic E-state index is -0.0726. The number of para-hydroxylation sites is 3. The average Bonchev–Trinajstić information content (AvgIpc) is 3.91. The molecule has 246 valence electrons. The van der Waals surface area contributed by atoms with Gasteiger partial charge in [0.25, 0.3) is 0 Å². The molecule has 0 bridgehead atoms. The second-order valence-corrected chi connectivity index (χ2v) is 15.5. The van der Waals surface area contributed by atoms with E-state index in [0.717, 1.165) is 11.4 Å². The molecular weight excluding hydrogens is 649 g/mol. The first kappa shape index (κ1) is 29.6. The summed E-state index contributed by atoms with van der Waals surface area (Å²) in [7, 11) is 0. The monoisotopic (exact) mass is 682 g/mol. The summed E-state index contributed by atoms with van der Waals surface area (Å²) >= 11 is 1.91. The molecule has 3 aromatic heterocycles. The van der Waals surface area contributed by atoms with Gasteiger partial charge in [-0.1, -0.05) is 147 Å². The Morgan fingerprint density at radius 3 is 1.96 bits per heavy atom. The van der Waals surface area contributed by atoms with Gasteiger partial charge < -0.3 is 4.90 Å². The summed E-state index contributed by atoms with van der Waals surface area (Å²) in [5, 5.41) is 5.29. The summed E-state index contributed by atoms with van der Waals surface area (Å²) in [6.07, 6.45) is 0. The highest BCUT2D eigenvalue weighted by Gasteiger charge is 2.37. The van der Waals surface area contributed by atoms with Crippen LogP contribution < -0.4 is 4.90 Å². The first-order valence-electron chi connectivity index (χ1n) is 18.0. The van der Waals surface area contributed by atoms with Gasteiger partial charge in [-0.25, -0.2) is 0 Å². The number of rotatable bonds is 5. The van der Waals surface area contributed by atoms with Crippen LogP contribution in [0.4, 0.5) is 17.1 Å². The molecule has 0 spiro atoms. The fourth-order valence-electron chi connectivity index (χ4n) is 9.03. The molecule has 0 saturated carbocycles. The van der Waals surface area contributed by atoms with Gasteiger partial charge in [-0.15, -0.1) is 11.3 Å². The van der Waals surface area contributed by atoms with Crippen molar-refractivity contribution in [2.75, 3.05) is 4.90 Å². The normalized spacial score (nSPS) is 13.3. The molecule has 2 nitrogen and oxygen atoms in total. The van der Waals surface area contributed by atoms with Crippen molar-refractivity contribution in [3.05, 3.63) is 181 Å². The summed E-state index contributed by atoms with van der Waals surface area (Å²) in [6.45, 7) is 4.71. The Morgan fingerprint density at radius 1 is 0.500 bits per heavy atom. The molecule has 1 aliphatic carbocycles. The van der Waals surface area contributed by atoms with Crippen LogP contribution in [0.3, 0.4) is 0 Å². The highest BCUT2D eigenvalue weighted by Crippen LogP contribution is 2.55. The Hall–Kier alpha value is -6.16. The zero-order valence-electron chi connectivity index (χ0n) is 29.0. The van der Waals surface area contributed by atoms with Gasteiger partial charge in [0.15, 0.2) is 0 Å². The number of benzene rings is 7. The molecular formula is C49H34N2S. The number of hydrogen-bond acceptors (Lipinski definition) is 2. The first-order chi connectivity index (χ1) is 25.6. The van der Waals surface area contributed by atoms with Crippen molar-refractivity contribution in [1.29, 1.82) is 0 Å². The molecule has 0 radical (unpaired) electrons. The molecule has 0 fully saturated rings. The van der Waals surface area contributed by atoms with Gasteiger partial charge in [-0.2, -0.15) is 0 Å². The fraction of sp³-hybridized carbons (Fsp3) is 0.0612. The molecule has 0 amide bonds. The van der Waals surface area contributed by atoms with Crippen molar-refractivity contribution in [2.45, 2.75) is 19.3 Å². The smallest absolute Gasteiger partial charge is 0.109 e. The summed E-state index contributed by atoms with van der Waals surface area (Å²) in [6, 6.07) is 62.4. The lowest BCUT2D eigenvalue weighted by Crippen LogP contribution is -2.16. The molecule has 7 aromatic carbocycles. The molecule has 52 heavy (non-hydrogen) atoms. The quantitative estimate of drug-likeness (QED) is 0.175. The van der Waals surface area contributed by atoms with E-state index in [1.807, 2.05) is 11.3 Å². The fourth-order valence-corrected chi connectivity index (χ4v) is 10.4. The van der Waals surface area contributed by atoms with Gasteiger partial charge in [0.1, 0.15) is 4.83 Å². The van der Waals surface area contributed by atoms with Crippen LogP contribution in [0.5, 0.6) is 0 Å². The summed E-state index contributed by atoms with van der Waals surface area (Å²) in [5.74, 6) is 0. The highest BCUT2D eigenvalue weighted by molar-refractivity contribution is 7.23. The predicted octanol–water partition coefficient (Wildman–Crippen LogP) is 14.0. The maximum absolute atomic E-state index is 2.51. The Bertz CT molecular complexity index is 2970. The molecule has 3 heteroatoms. The van der Waals surface area contributed by atoms with Crippen LogP contribution in [0.25, 0.3) is 70.1 Å². The maximum atomic E-state index is 2.51. The Morgan fingerprint density at radius 2 is 1.13 bits per heavy atom. The van der Waals surface area contributed by atoms with Crippen LogP contribution in [0.2, 0.25) is 0 Å². The lowest BCUT2D eigenvalue weighted by atomic mass is 9.82. The van der Waals surface area contributed by atoms with Gasteiger partial charge in [0.2, 0.25) is 0 Å². The zero-order valence-corrected chi connectivity index (χ0v) is 29.8. The third kappa shape index (κ3) is 4.00. The number of fused-ring (bicyclic) bond motifs is 9. The molecule has 0 N–H and O–H groups in total. The van der Waals surface area contributed by atoms with Crippen LogP contribution in [-0.4, -0.2) is 4.40 Å². The van der Waals surface area contributed by atoms with Crippen LogP contribution in [0.1, 0.15) is 25.0 Å². The van der Waals surface area contributed by atoms with Crippen molar-refractivity contribution in [3.63, 3.8) is 0 Å². The van der Waals surface area contributed by atoms with Crippen LogP contribution in [-0.2, 0) is 5.41 Å². The number of thiophene rings is 1.